The molecule has 13 nitrogen and oxygen atoms in total. The average Bonchev–Trinajstić information content (AvgIpc) is 3.07. The molecule has 0 saturated carbocycles. The minimum absolute atomic E-state index is 0.0148. The Morgan fingerprint density at radius 1 is 1.08 bits per heavy atom. The van der Waals surface area contributed by atoms with Gasteiger partial charge in [-0.1, -0.05) is 33.8 Å². The predicted molar refractivity (Wildman–Crippen MR) is 179 cm³/mol. The molecule has 0 radical (unpaired) electrons. The highest BCUT2D eigenvalue weighted by Gasteiger charge is 2.53. The minimum atomic E-state index is -1.99. The summed E-state index contributed by atoms with van der Waals surface area (Å²) in [5.41, 5.74) is -3.27. The average molecular weight is 695 g/mol. The molecule has 278 valence electrons. The van der Waals surface area contributed by atoms with Crippen LogP contribution >= 0.6 is 0 Å². The third-order valence-electron chi connectivity index (χ3n) is 10.6. The highest BCUT2D eigenvalue weighted by atomic mass is 16.7. The summed E-state index contributed by atoms with van der Waals surface area (Å²) < 4.78 is 30.9. The van der Waals surface area contributed by atoms with Crippen LogP contribution in [0.25, 0.3) is 0 Å². The second kappa shape index (κ2) is 16.7. The van der Waals surface area contributed by atoms with Gasteiger partial charge in [-0.05, 0) is 73.2 Å². The normalized spacial score (nSPS) is 41.5. The fourth-order valence-electron chi connectivity index (χ4n) is 7.45. The van der Waals surface area contributed by atoms with Crippen LogP contribution in [0.2, 0.25) is 0 Å². The number of ether oxygens (including phenoxy) is 5. The number of hydrogen-bond donors (Lipinski definition) is 3. The van der Waals surface area contributed by atoms with Crippen molar-refractivity contribution >= 4 is 17.7 Å². The van der Waals surface area contributed by atoms with Crippen molar-refractivity contribution in [3.8, 4) is 0 Å². The van der Waals surface area contributed by atoms with Gasteiger partial charge >= 0.3 is 11.9 Å². The summed E-state index contributed by atoms with van der Waals surface area (Å²) in [6.45, 7) is 13.2. The summed E-state index contributed by atoms with van der Waals surface area (Å²) in [5.74, 6) is -5.65. The SMILES string of the molecule is CCC1OC(=O)[C@H](C)C(OC(=O)c2ccccn2)[C@H](C)[C@@H](O[C@@H]2O[C@H](C)C[C@H](N(C)C)[C@H]2O)[C@](C)(OC)C[C@@H](C)C(=O)[C@H](C)[C@@H](O)[C@]1(C)O. The largest absolute Gasteiger partial charge is 0.459 e. The van der Waals surface area contributed by atoms with Crippen molar-refractivity contribution in [2.24, 2.45) is 23.7 Å². The Morgan fingerprint density at radius 3 is 2.29 bits per heavy atom. The number of carbonyl (C=O) groups excluding carboxylic acids is 3. The molecule has 3 rings (SSSR count). The molecule has 2 saturated heterocycles. The van der Waals surface area contributed by atoms with Gasteiger partial charge in [0.15, 0.2) is 6.29 Å². The smallest absolute Gasteiger partial charge is 0.357 e. The van der Waals surface area contributed by atoms with Crippen LogP contribution in [-0.2, 0) is 33.3 Å². The molecule has 3 heterocycles. The number of aliphatic hydroxyl groups is 3. The van der Waals surface area contributed by atoms with Crippen molar-refractivity contribution in [3.63, 3.8) is 0 Å². The quantitative estimate of drug-likeness (QED) is 0.356. The maximum absolute atomic E-state index is 13.9. The number of rotatable bonds is 7. The molecule has 0 aliphatic carbocycles. The van der Waals surface area contributed by atoms with Gasteiger partial charge in [0.1, 0.15) is 35.4 Å². The van der Waals surface area contributed by atoms with Crippen LogP contribution in [0.5, 0.6) is 0 Å². The van der Waals surface area contributed by atoms with Gasteiger partial charge in [-0.15, -0.1) is 0 Å². The number of nitrogens with zero attached hydrogens (tertiary/aromatic N) is 2. The molecule has 0 bridgehead atoms. The zero-order chi connectivity index (χ0) is 37.0. The Morgan fingerprint density at radius 2 is 1.73 bits per heavy atom. The molecular formula is C36H58N2O11. The maximum atomic E-state index is 13.9. The molecule has 0 aromatic carbocycles. The summed E-state index contributed by atoms with van der Waals surface area (Å²) in [6, 6.07) is 4.47. The van der Waals surface area contributed by atoms with E-state index in [0.29, 0.717) is 6.42 Å². The topological polar surface area (TPSA) is 174 Å². The highest BCUT2D eigenvalue weighted by molar-refractivity contribution is 5.87. The van der Waals surface area contributed by atoms with E-state index in [1.165, 1.54) is 33.2 Å². The first-order valence-corrected chi connectivity index (χ1v) is 17.3. The fourth-order valence-corrected chi connectivity index (χ4v) is 7.45. The first kappa shape index (κ1) is 40.9. The lowest BCUT2D eigenvalue weighted by Crippen LogP contribution is -2.60. The van der Waals surface area contributed by atoms with E-state index in [1.54, 1.807) is 46.8 Å². The van der Waals surface area contributed by atoms with Crippen LogP contribution < -0.4 is 0 Å². The molecule has 3 N–H and O–H groups in total. The van der Waals surface area contributed by atoms with E-state index < -0.39 is 83.6 Å². The molecule has 2 fully saturated rings. The van der Waals surface area contributed by atoms with Gasteiger partial charge in [-0.3, -0.25) is 9.59 Å². The van der Waals surface area contributed by atoms with Crippen LogP contribution in [0.4, 0.5) is 0 Å². The lowest BCUT2D eigenvalue weighted by molar-refractivity contribution is -0.301. The molecule has 14 atom stereocenters. The van der Waals surface area contributed by atoms with Crippen molar-refractivity contribution in [2.45, 2.75) is 135 Å². The molecule has 1 aromatic heterocycles. The summed E-state index contributed by atoms with van der Waals surface area (Å²) >= 11 is 0. The molecule has 49 heavy (non-hydrogen) atoms. The number of carbonyl (C=O) groups is 3. The molecule has 0 amide bonds. The van der Waals surface area contributed by atoms with E-state index in [-0.39, 0.29) is 36.5 Å². The number of cyclic esters (lactones) is 1. The number of pyridine rings is 1. The zero-order valence-corrected chi connectivity index (χ0v) is 30.9. The van der Waals surface area contributed by atoms with Gasteiger partial charge in [0.05, 0.1) is 29.8 Å². The number of ketones is 1. The maximum Gasteiger partial charge on any atom is 0.357 e. The van der Waals surface area contributed by atoms with E-state index in [0.717, 1.165) is 0 Å². The van der Waals surface area contributed by atoms with Gasteiger partial charge in [-0.2, -0.15) is 0 Å². The Bertz CT molecular complexity index is 1260. The molecule has 1 aromatic rings. The molecule has 13 heteroatoms. The van der Waals surface area contributed by atoms with Gasteiger partial charge in [0.25, 0.3) is 0 Å². The van der Waals surface area contributed by atoms with E-state index in [1.807, 2.05) is 25.9 Å². The molecule has 2 aliphatic rings. The van der Waals surface area contributed by atoms with Crippen LogP contribution in [0.3, 0.4) is 0 Å². The lowest BCUT2D eigenvalue weighted by atomic mass is 9.74. The Balaban J connectivity index is 2.21. The van der Waals surface area contributed by atoms with Crippen LogP contribution in [0, 0.1) is 23.7 Å². The molecule has 0 spiro atoms. The third kappa shape index (κ3) is 9.05. The van der Waals surface area contributed by atoms with E-state index in [9.17, 15) is 29.7 Å². The number of methoxy groups -OCH3 is 1. The minimum Gasteiger partial charge on any atom is -0.459 e. The lowest BCUT2D eigenvalue weighted by Gasteiger charge is -2.48. The summed E-state index contributed by atoms with van der Waals surface area (Å²) in [4.78, 5) is 47.3. The Kier molecular flexibility index (Phi) is 13.9. The summed E-state index contributed by atoms with van der Waals surface area (Å²) in [6.07, 6.45) is -5.33. The number of esters is 2. The summed E-state index contributed by atoms with van der Waals surface area (Å²) in [7, 11) is 5.18. The molecular weight excluding hydrogens is 636 g/mol. The van der Waals surface area contributed by atoms with Crippen molar-refractivity contribution in [3.05, 3.63) is 30.1 Å². The van der Waals surface area contributed by atoms with Crippen molar-refractivity contribution < 1.29 is 53.4 Å². The fraction of sp³-hybridized carbons (Fsp3) is 0.778. The first-order chi connectivity index (χ1) is 22.8. The number of Topliss-reactive ketones (excluding diaryl/α,β-unsaturated/α-hetero) is 1. The Hall–Kier alpha value is -2.52. The van der Waals surface area contributed by atoms with Gasteiger partial charge in [0.2, 0.25) is 0 Å². The van der Waals surface area contributed by atoms with E-state index in [2.05, 4.69) is 4.98 Å². The number of hydrogen-bond acceptors (Lipinski definition) is 13. The number of aliphatic hydroxyl groups excluding tert-OH is 2. The highest BCUT2D eigenvalue weighted by Crippen LogP contribution is 2.40. The van der Waals surface area contributed by atoms with Crippen LogP contribution in [0.15, 0.2) is 24.4 Å². The first-order valence-electron chi connectivity index (χ1n) is 17.3. The van der Waals surface area contributed by atoms with Gasteiger partial charge in [-0.25, -0.2) is 9.78 Å². The van der Waals surface area contributed by atoms with Crippen molar-refractivity contribution in [2.75, 3.05) is 21.2 Å². The summed E-state index contributed by atoms with van der Waals surface area (Å²) in [5, 5.41) is 34.3. The van der Waals surface area contributed by atoms with Crippen molar-refractivity contribution in [1.82, 2.24) is 9.88 Å². The second-order valence-corrected chi connectivity index (χ2v) is 14.7. The standard InChI is InChI=1S/C36H58N2O11/c1-12-26-36(8,44)30(41)21(4)27(39)19(2)18-35(7,45-11)31(49-34-28(40)25(38(9)10)17-20(3)46-34)22(5)29(23(6)32(42)47-26)48-33(43)24-15-13-14-16-37-24/h13-16,19-23,25-26,28-31,34,40-41,44H,12,17-18H2,1-11H3/t19-,20-,21+,22+,23-,25+,26?,28-,29?,30-,31-,34+,35-,36-/m1/s1. The predicted octanol–water partition coefficient (Wildman–Crippen LogP) is 2.77. The zero-order valence-electron chi connectivity index (χ0n) is 30.9. The molecule has 2 unspecified atom stereocenters. The van der Waals surface area contributed by atoms with Crippen LogP contribution in [-0.4, -0.2) is 124 Å². The van der Waals surface area contributed by atoms with Crippen molar-refractivity contribution in [1.29, 1.82) is 0 Å². The number of likely N-dealkylation sites (N-methyl/N-ethyl adjacent to an activating group) is 1. The van der Waals surface area contributed by atoms with Gasteiger partial charge < -0.3 is 43.9 Å². The number of aromatic nitrogens is 1. The van der Waals surface area contributed by atoms with Crippen LogP contribution in [0.1, 0.15) is 85.1 Å². The Labute approximate surface area is 290 Å². The van der Waals surface area contributed by atoms with E-state index in [4.69, 9.17) is 23.7 Å². The van der Waals surface area contributed by atoms with Gasteiger partial charge in [0, 0.05) is 37.1 Å². The molecule has 2 aliphatic heterocycles. The second-order valence-electron chi connectivity index (χ2n) is 14.7. The monoisotopic (exact) mass is 694 g/mol. The third-order valence-corrected chi connectivity index (χ3v) is 10.6. The van der Waals surface area contributed by atoms with E-state index >= 15 is 0 Å².